The fourth-order valence-electron chi connectivity index (χ4n) is 2.25. The van der Waals surface area contributed by atoms with Crippen molar-refractivity contribution >= 4 is 17.9 Å². The van der Waals surface area contributed by atoms with Crippen LogP contribution in [-0.4, -0.2) is 39.2 Å². The molecule has 0 bridgehead atoms. The van der Waals surface area contributed by atoms with Crippen molar-refractivity contribution in [2.45, 2.75) is 20.8 Å². The van der Waals surface area contributed by atoms with Gasteiger partial charge in [-0.15, -0.1) is 0 Å². The van der Waals surface area contributed by atoms with Crippen molar-refractivity contribution in [1.29, 1.82) is 0 Å². The Kier molecular flexibility index (Phi) is 8.20. The molecule has 0 spiro atoms. The molecular formula is C21H24O6. The summed E-state index contributed by atoms with van der Waals surface area (Å²) in [6, 6.07) is 10.3. The minimum absolute atomic E-state index is 0.0250. The maximum absolute atomic E-state index is 11.5. The second-order valence-corrected chi connectivity index (χ2v) is 5.75. The van der Waals surface area contributed by atoms with E-state index in [-0.39, 0.29) is 16.7 Å². The zero-order valence-corrected chi connectivity index (χ0v) is 16.4. The van der Waals surface area contributed by atoms with Crippen LogP contribution in [0.5, 0.6) is 0 Å². The van der Waals surface area contributed by atoms with E-state index in [2.05, 4.69) is 53.2 Å². The van der Waals surface area contributed by atoms with Crippen LogP contribution in [0, 0.1) is 20.8 Å². The van der Waals surface area contributed by atoms with Crippen molar-refractivity contribution in [3.05, 3.63) is 69.8 Å². The Bertz CT molecular complexity index is 818. The lowest BCUT2D eigenvalue weighted by Crippen LogP contribution is -2.13. The number of ether oxygens (including phenoxy) is 3. The average molecular weight is 372 g/mol. The third kappa shape index (κ3) is 5.67. The van der Waals surface area contributed by atoms with E-state index in [0.29, 0.717) is 0 Å². The summed E-state index contributed by atoms with van der Waals surface area (Å²) in [5.74, 6) is -2.04. The highest BCUT2D eigenvalue weighted by Crippen LogP contribution is 2.15. The molecule has 0 N–H and O–H groups in total. The molecule has 2 rings (SSSR count). The third-order valence-corrected chi connectivity index (χ3v) is 4.13. The summed E-state index contributed by atoms with van der Waals surface area (Å²) in [5, 5.41) is 0. The lowest BCUT2D eigenvalue weighted by Gasteiger charge is -2.07. The highest BCUT2D eigenvalue weighted by molar-refractivity contribution is 6.05. The number of hydrogen-bond donors (Lipinski definition) is 0. The molecule has 0 fully saturated rings. The van der Waals surface area contributed by atoms with Gasteiger partial charge in [0.2, 0.25) is 0 Å². The molecule has 0 saturated carbocycles. The van der Waals surface area contributed by atoms with Gasteiger partial charge in [0.05, 0.1) is 38.0 Å². The monoisotopic (exact) mass is 372 g/mol. The topological polar surface area (TPSA) is 78.9 Å². The maximum atomic E-state index is 11.5. The molecule has 0 saturated heterocycles. The maximum Gasteiger partial charge on any atom is 0.338 e. The van der Waals surface area contributed by atoms with Crippen LogP contribution in [0.3, 0.4) is 0 Å². The zero-order valence-electron chi connectivity index (χ0n) is 16.4. The van der Waals surface area contributed by atoms with E-state index in [1.807, 2.05) is 0 Å². The molecule has 0 heterocycles. The molecule has 0 amide bonds. The Balaban J connectivity index is 0.000000337. The summed E-state index contributed by atoms with van der Waals surface area (Å²) in [4.78, 5) is 34.3. The van der Waals surface area contributed by atoms with E-state index in [9.17, 15) is 14.4 Å². The van der Waals surface area contributed by atoms with Gasteiger partial charge in [-0.1, -0.05) is 18.2 Å². The predicted molar refractivity (Wildman–Crippen MR) is 101 cm³/mol. The van der Waals surface area contributed by atoms with Crippen LogP contribution in [0.25, 0.3) is 0 Å². The molecule has 6 heteroatoms. The molecule has 0 aliphatic carbocycles. The van der Waals surface area contributed by atoms with E-state index in [4.69, 9.17) is 0 Å². The number of rotatable bonds is 3. The lowest BCUT2D eigenvalue weighted by molar-refractivity contribution is 0.0552. The van der Waals surface area contributed by atoms with Crippen molar-refractivity contribution in [2.75, 3.05) is 21.3 Å². The van der Waals surface area contributed by atoms with Gasteiger partial charge in [0, 0.05) is 0 Å². The molecule has 0 radical (unpaired) electrons. The molecule has 0 aromatic heterocycles. The van der Waals surface area contributed by atoms with Crippen LogP contribution in [-0.2, 0) is 14.2 Å². The van der Waals surface area contributed by atoms with E-state index in [1.165, 1.54) is 56.2 Å². The van der Waals surface area contributed by atoms with Crippen molar-refractivity contribution in [2.24, 2.45) is 0 Å². The number of carbonyl (C=O) groups excluding carboxylic acids is 3. The number of esters is 3. The van der Waals surface area contributed by atoms with Crippen LogP contribution >= 0.6 is 0 Å². The number of benzene rings is 2. The van der Waals surface area contributed by atoms with Crippen LogP contribution in [0.4, 0.5) is 0 Å². The normalized spacial score (nSPS) is 9.56. The number of hydrogen-bond acceptors (Lipinski definition) is 6. The minimum Gasteiger partial charge on any atom is -0.465 e. The van der Waals surface area contributed by atoms with E-state index < -0.39 is 17.9 Å². The summed E-state index contributed by atoms with van der Waals surface area (Å²) in [7, 11) is 3.58. The Morgan fingerprint density at radius 2 is 1.15 bits per heavy atom. The second-order valence-electron chi connectivity index (χ2n) is 5.75. The summed E-state index contributed by atoms with van der Waals surface area (Å²) in [6.45, 7) is 6.44. The van der Waals surface area contributed by atoms with Gasteiger partial charge in [-0.2, -0.15) is 0 Å². The van der Waals surface area contributed by atoms with E-state index >= 15 is 0 Å². The van der Waals surface area contributed by atoms with Crippen molar-refractivity contribution in [3.63, 3.8) is 0 Å². The van der Waals surface area contributed by atoms with Gasteiger partial charge in [-0.3, -0.25) is 0 Å². The van der Waals surface area contributed by atoms with Crippen molar-refractivity contribution in [1.82, 2.24) is 0 Å². The highest BCUT2D eigenvalue weighted by Gasteiger charge is 2.20. The van der Waals surface area contributed by atoms with Gasteiger partial charge in [0.25, 0.3) is 0 Å². The van der Waals surface area contributed by atoms with Gasteiger partial charge >= 0.3 is 17.9 Å². The van der Waals surface area contributed by atoms with Crippen LogP contribution in [0.1, 0.15) is 47.8 Å². The molecule has 0 unspecified atom stereocenters. The lowest BCUT2D eigenvalue weighted by atomic mass is 10.0. The van der Waals surface area contributed by atoms with Gasteiger partial charge < -0.3 is 14.2 Å². The second kappa shape index (κ2) is 10.1. The Hall–Kier alpha value is -3.15. The molecule has 144 valence electrons. The van der Waals surface area contributed by atoms with Crippen LogP contribution < -0.4 is 0 Å². The Morgan fingerprint density at radius 1 is 0.667 bits per heavy atom. The first-order valence-corrected chi connectivity index (χ1v) is 8.18. The van der Waals surface area contributed by atoms with Gasteiger partial charge in [0.15, 0.2) is 0 Å². The Morgan fingerprint density at radius 3 is 1.59 bits per heavy atom. The fourth-order valence-corrected chi connectivity index (χ4v) is 2.25. The first-order valence-electron chi connectivity index (χ1n) is 8.18. The molecule has 6 nitrogen and oxygen atoms in total. The minimum atomic E-state index is -0.735. The Labute approximate surface area is 159 Å². The third-order valence-electron chi connectivity index (χ3n) is 4.13. The smallest absolute Gasteiger partial charge is 0.338 e. The molecular weight excluding hydrogens is 348 g/mol. The summed E-state index contributed by atoms with van der Waals surface area (Å²) in [5.41, 5.74) is 4.30. The molecule has 0 aliphatic rings. The number of methoxy groups -OCH3 is 3. The van der Waals surface area contributed by atoms with E-state index in [0.717, 1.165) is 0 Å². The predicted octanol–water partition coefficient (Wildman–Crippen LogP) is 3.66. The first kappa shape index (κ1) is 21.9. The van der Waals surface area contributed by atoms with Gasteiger partial charge in [-0.25, -0.2) is 14.4 Å². The number of aryl methyl sites for hydroxylation is 2. The highest BCUT2D eigenvalue weighted by atomic mass is 16.5. The summed E-state index contributed by atoms with van der Waals surface area (Å²) in [6.07, 6.45) is 0. The first-order chi connectivity index (χ1) is 12.8. The zero-order chi connectivity index (χ0) is 20.6. The largest absolute Gasteiger partial charge is 0.465 e. The summed E-state index contributed by atoms with van der Waals surface area (Å²) >= 11 is 0. The molecule has 0 aliphatic heterocycles. The molecule has 27 heavy (non-hydrogen) atoms. The van der Waals surface area contributed by atoms with Crippen molar-refractivity contribution in [3.8, 4) is 0 Å². The number of carbonyl (C=O) groups is 3. The molecule has 2 aromatic rings. The van der Waals surface area contributed by atoms with Gasteiger partial charge in [-0.05, 0) is 55.7 Å². The quantitative estimate of drug-likeness (QED) is 0.604. The fraction of sp³-hybridized carbons (Fsp3) is 0.286. The average Bonchev–Trinajstić information content (AvgIpc) is 2.70. The van der Waals surface area contributed by atoms with Gasteiger partial charge in [0.1, 0.15) is 0 Å². The summed E-state index contributed by atoms with van der Waals surface area (Å²) < 4.78 is 13.6. The van der Waals surface area contributed by atoms with Crippen molar-refractivity contribution < 1.29 is 28.6 Å². The SMILES string of the molecule is COC(=O)c1ccc(C(=O)OC)c(C(=O)OC)c1.Cc1cccc(C)c1C. The van der Waals surface area contributed by atoms with Crippen LogP contribution in [0.15, 0.2) is 36.4 Å². The molecule has 0 atom stereocenters. The van der Waals surface area contributed by atoms with Crippen LogP contribution in [0.2, 0.25) is 0 Å². The molecule has 2 aromatic carbocycles. The van der Waals surface area contributed by atoms with E-state index in [1.54, 1.807) is 0 Å². The standard InChI is InChI=1S/C12H12O6.C9H12/c1-16-10(13)7-4-5-8(11(14)17-2)9(6-7)12(15)18-3;1-7-5-4-6-8(2)9(7)3/h4-6H,1-3H3;4-6H,1-3H3.